The summed E-state index contributed by atoms with van der Waals surface area (Å²) in [6, 6.07) is 16.2. The first-order valence-electron chi connectivity index (χ1n) is 7.85. The molecular formula is C19H19N3O4. The zero-order valence-electron chi connectivity index (χ0n) is 14.3. The number of rotatable bonds is 7. The molecule has 0 aliphatic rings. The van der Waals surface area contributed by atoms with Gasteiger partial charge in [-0.15, -0.1) is 0 Å². The largest absolute Gasteiger partial charge is 0.489 e. The van der Waals surface area contributed by atoms with Gasteiger partial charge < -0.3 is 15.2 Å². The minimum Gasteiger partial charge on any atom is -0.489 e. The van der Waals surface area contributed by atoms with Crippen LogP contribution in [0, 0.1) is 0 Å². The van der Waals surface area contributed by atoms with E-state index in [2.05, 4.69) is 10.2 Å². The van der Waals surface area contributed by atoms with Crippen LogP contribution in [0.25, 0.3) is 0 Å². The lowest BCUT2D eigenvalue weighted by Crippen LogP contribution is -2.03. The molecule has 2 aromatic carbocycles. The Bertz CT molecular complexity index is 799. The number of amides is 2. The van der Waals surface area contributed by atoms with E-state index in [1.165, 1.54) is 6.92 Å². The highest BCUT2D eigenvalue weighted by Crippen LogP contribution is 2.15. The number of nitrogens with two attached hydrogens (primary N) is 1. The van der Waals surface area contributed by atoms with Crippen LogP contribution in [0.2, 0.25) is 0 Å². The summed E-state index contributed by atoms with van der Waals surface area (Å²) in [6.07, 6.45) is 1.13. The molecule has 0 aliphatic carbocycles. The van der Waals surface area contributed by atoms with E-state index in [1.807, 2.05) is 54.6 Å². The zero-order chi connectivity index (χ0) is 18.8. The molecule has 0 radical (unpaired) electrons. The topological polar surface area (TPSA) is 103 Å². The van der Waals surface area contributed by atoms with Gasteiger partial charge in [0.05, 0.1) is 5.70 Å². The lowest BCUT2D eigenvalue weighted by atomic mass is 10.2. The summed E-state index contributed by atoms with van der Waals surface area (Å²) in [6.45, 7) is 2.10. The molecule has 7 heteroatoms. The van der Waals surface area contributed by atoms with Gasteiger partial charge in [-0.25, -0.2) is 9.59 Å². The minimum atomic E-state index is -0.930. The van der Waals surface area contributed by atoms with E-state index >= 15 is 0 Å². The zero-order valence-corrected chi connectivity index (χ0v) is 14.3. The average Bonchev–Trinajstić information content (AvgIpc) is 2.65. The highest BCUT2D eigenvalue weighted by Gasteiger charge is 2.02. The summed E-state index contributed by atoms with van der Waals surface area (Å²) in [4.78, 5) is 22.1. The van der Waals surface area contributed by atoms with Crippen molar-refractivity contribution >= 4 is 12.0 Å². The number of hydrogen-bond donors (Lipinski definition) is 1. The van der Waals surface area contributed by atoms with Crippen LogP contribution < -0.4 is 10.5 Å². The number of esters is 1. The Hall–Kier alpha value is -3.48. The highest BCUT2D eigenvalue weighted by molar-refractivity contribution is 5.82. The summed E-state index contributed by atoms with van der Waals surface area (Å²) >= 11 is 0. The fourth-order valence-electron chi connectivity index (χ4n) is 1.95. The predicted octanol–water partition coefficient (Wildman–Crippen LogP) is 3.74. The van der Waals surface area contributed by atoms with Crippen molar-refractivity contribution in [1.29, 1.82) is 0 Å². The maximum atomic E-state index is 11.7. The molecular weight excluding hydrogens is 334 g/mol. The van der Waals surface area contributed by atoms with Crippen molar-refractivity contribution < 1.29 is 19.1 Å². The Morgan fingerprint density at radius 1 is 0.962 bits per heavy atom. The molecule has 0 heterocycles. The molecule has 26 heavy (non-hydrogen) atoms. The Labute approximate surface area is 151 Å². The number of nitrogens with zero attached hydrogens (tertiary/aromatic N) is 2. The van der Waals surface area contributed by atoms with Gasteiger partial charge in [-0.2, -0.15) is 5.11 Å². The van der Waals surface area contributed by atoms with Crippen LogP contribution in [0.1, 0.15) is 18.1 Å². The molecule has 0 aliphatic heterocycles. The number of azo groups is 1. The van der Waals surface area contributed by atoms with Crippen LogP contribution in [-0.4, -0.2) is 12.0 Å². The molecule has 0 spiro atoms. The second-order valence-corrected chi connectivity index (χ2v) is 5.35. The van der Waals surface area contributed by atoms with Crippen LogP contribution in [0.4, 0.5) is 4.79 Å². The Morgan fingerprint density at radius 2 is 1.62 bits per heavy atom. The molecule has 2 aromatic rings. The maximum Gasteiger partial charge on any atom is 0.356 e. The van der Waals surface area contributed by atoms with Crippen molar-refractivity contribution in [2.75, 3.05) is 0 Å². The Morgan fingerprint density at radius 3 is 2.27 bits per heavy atom. The fraction of sp³-hybridized carbons (Fsp3) is 0.158. The summed E-state index contributed by atoms with van der Waals surface area (Å²) in [7, 11) is 0. The third-order valence-corrected chi connectivity index (χ3v) is 3.19. The van der Waals surface area contributed by atoms with E-state index < -0.39 is 12.0 Å². The van der Waals surface area contributed by atoms with Crippen LogP contribution in [0.15, 0.2) is 76.6 Å². The summed E-state index contributed by atoms with van der Waals surface area (Å²) < 4.78 is 10.8. The van der Waals surface area contributed by atoms with Gasteiger partial charge in [-0.1, -0.05) is 47.6 Å². The van der Waals surface area contributed by atoms with Gasteiger partial charge in [0.15, 0.2) is 0 Å². The molecule has 2 amide bonds. The number of urea groups is 1. The standard InChI is InChI=1S/C19H19N3O4/c1-14(21-22-19(20)24)11-18(23)26-13-16-7-9-17(10-8-16)25-12-15-5-3-2-4-6-15/h2-11H,12-13H2,1H3,(H2,20,24)/b14-11+,22-21?. The van der Waals surface area contributed by atoms with Gasteiger partial charge in [0.1, 0.15) is 19.0 Å². The first-order chi connectivity index (χ1) is 12.5. The van der Waals surface area contributed by atoms with E-state index in [9.17, 15) is 9.59 Å². The molecule has 7 nitrogen and oxygen atoms in total. The number of carbonyl (C=O) groups excluding carboxylic acids is 2. The number of hydrogen-bond acceptors (Lipinski definition) is 5. The molecule has 2 rings (SSSR count). The van der Waals surface area contributed by atoms with Gasteiger partial charge in [-0.3, -0.25) is 0 Å². The average molecular weight is 353 g/mol. The lowest BCUT2D eigenvalue weighted by molar-refractivity contribution is -0.139. The van der Waals surface area contributed by atoms with Crippen molar-refractivity contribution in [3.63, 3.8) is 0 Å². The second-order valence-electron chi connectivity index (χ2n) is 5.35. The summed E-state index contributed by atoms with van der Waals surface area (Å²) in [5.74, 6) is 0.141. The third-order valence-electron chi connectivity index (χ3n) is 3.19. The summed E-state index contributed by atoms with van der Waals surface area (Å²) in [5.41, 5.74) is 6.94. The fourth-order valence-corrected chi connectivity index (χ4v) is 1.95. The molecule has 0 saturated carbocycles. The number of ether oxygens (including phenoxy) is 2. The van der Waals surface area contributed by atoms with E-state index in [0.717, 1.165) is 23.0 Å². The molecule has 2 N–H and O–H groups in total. The molecule has 0 bridgehead atoms. The SMILES string of the molecule is C/C(=C\C(=O)OCc1ccc(OCc2ccccc2)cc1)N=NC(N)=O. The molecule has 0 fully saturated rings. The van der Waals surface area contributed by atoms with Gasteiger partial charge in [0.25, 0.3) is 0 Å². The summed E-state index contributed by atoms with van der Waals surface area (Å²) in [5, 5.41) is 6.59. The quantitative estimate of drug-likeness (QED) is 0.465. The van der Waals surface area contributed by atoms with Gasteiger partial charge in [0.2, 0.25) is 0 Å². The van der Waals surface area contributed by atoms with Crippen LogP contribution in [0.5, 0.6) is 5.75 Å². The van der Waals surface area contributed by atoms with Gasteiger partial charge in [-0.05, 0) is 30.2 Å². The van der Waals surface area contributed by atoms with E-state index in [0.29, 0.717) is 6.61 Å². The predicted molar refractivity (Wildman–Crippen MR) is 95.2 cm³/mol. The second kappa shape index (κ2) is 9.73. The molecule has 0 unspecified atom stereocenters. The number of allylic oxidation sites excluding steroid dienone is 1. The van der Waals surface area contributed by atoms with Crippen molar-refractivity contribution in [3.05, 3.63) is 77.5 Å². The van der Waals surface area contributed by atoms with Crippen LogP contribution in [0.3, 0.4) is 0 Å². The van der Waals surface area contributed by atoms with E-state index in [4.69, 9.17) is 15.2 Å². The van der Waals surface area contributed by atoms with E-state index in [-0.39, 0.29) is 12.3 Å². The smallest absolute Gasteiger partial charge is 0.356 e. The molecule has 0 aromatic heterocycles. The molecule has 0 saturated heterocycles. The number of carbonyl (C=O) groups is 2. The first kappa shape index (κ1) is 18.9. The minimum absolute atomic E-state index is 0.106. The monoisotopic (exact) mass is 353 g/mol. The van der Waals surface area contributed by atoms with Crippen molar-refractivity contribution in [2.24, 2.45) is 16.0 Å². The Kier molecular flexibility index (Phi) is 7.05. The Balaban J connectivity index is 1.80. The first-order valence-corrected chi connectivity index (χ1v) is 7.85. The lowest BCUT2D eigenvalue weighted by Gasteiger charge is -2.07. The van der Waals surface area contributed by atoms with Crippen LogP contribution in [-0.2, 0) is 22.7 Å². The number of primary amides is 1. The maximum absolute atomic E-state index is 11.7. The van der Waals surface area contributed by atoms with E-state index in [1.54, 1.807) is 0 Å². The van der Waals surface area contributed by atoms with Crippen molar-refractivity contribution in [2.45, 2.75) is 20.1 Å². The normalized spacial score (nSPS) is 11.3. The van der Waals surface area contributed by atoms with Gasteiger partial charge in [0, 0.05) is 6.08 Å². The van der Waals surface area contributed by atoms with Crippen molar-refractivity contribution in [3.8, 4) is 5.75 Å². The van der Waals surface area contributed by atoms with Crippen molar-refractivity contribution in [1.82, 2.24) is 0 Å². The number of benzene rings is 2. The molecule has 134 valence electrons. The van der Waals surface area contributed by atoms with Crippen LogP contribution >= 0.6 is 0 Å². The highest BCUT2D eigenvalue weighted by atomic mass is 16.5. The van der Waals surface area contributed by atoms with Gasteiger partial charge >= 0.3 is 12.0 Å². The molecule has 0 atom stereocenters. The third kappa shape index (κ3) is 6.96.